The summed E-state index contributed by atoms with van der Waals surface area (Å²) < 4.78 is 28.9. The number of nitrogens with zero attached hydrogens (tertiary/aromatic N) is 1. The van der Waals surface area contributed by atoms with E-state index in [9.17, 15) is 13.2 Å². The molecule has 0 spiro atoms. The quantitative estimate of drug-likeness (QED) is 0.745. The van der Waals surface area contributed by atoms with E-state index in [1.54, 1.807) is 24.1 Å². The predicted octanol–water partition coefficient (Wildman–Crippen LogP) is 3.70. The van der Waals surface area contributed by atoms with Crippen molar-refractivity contribution in [2.75, 3.05) is 11.9 Å². The maximum absolute atomic E-state index is 12.7. The number of nitrogens with one attached hydrogen (secondary N) is 1. The van der Waals surface area contributed by atoms with Crippen molar-refractivity contribution in [1.82, 2.24) is 4.72 Å². The number of likely N-dealkylation sites (N-methyl/N-ethyl adjacent to an activating group) is 1. The van der Waals surface area contributed by atoms with E-state index in [-0.39, 0.29) is 17.3 Å². The van der Waals surface area contributed by atoms with Gasteiger partial charge in [-0.1, -0.05) is 33.6 Å². The highest BCUT2D eigenvalue weighted by Crippen LogP contribution is 2.38. The zero-order valence-electron chi connectivity index (χ0n) is 14.7. The number of benzene rings is 2. The summed E-state index contributed by atoms with van der Waals surface area (Å²) in [7, 11) is -2.00. The Morgan fingerprint density at radius 3 is 2.38 bits per heavy atom. The lowest BCUT2D eigenvalue weighted by Crippen LogP contribution is -2.23. The molecule has 7 heteroatoms. The van der Waals surface area contributed by atoms with Crippen molar-refractivity contribution in [1.29, 1.82) is 0 Å². The van der Waals surface area contributed by atoms with Gasteiger partial charge in [-0.25, -0.2) is 13.1 Å². The number of allylic oxidation sites excluding steroid dienone is 1. The largest absolute Gasteiger partial charge is 0.311 e. The fourth-order valence-electron chi connectivity index (χ4n) is 2.91. The Balaban J connectivity index is 1.91. The highest BCUT2D eigenvalue weighted by molar-refractivity contribution is 9.10. The van der Waals surface area contributed by atoms with Crippen LogP contribution in [-0.4, -0.2) is 21.4 Å². The Morgan fingerprint density at radius 2 is 1.77 bits per heavy atom. The molecule has 1 aliphatic rings. The van der Waals surface area contributed by atoms with Crippen LogP contribution in [0.25, 0.3) is 5.57 Å². The van der Waals surface area contributed by atoms with E-state index in [4.69, 9.17) is 0 Å². The molecular formula is C19H19BrN2O3S. The van der Waals surface area contributed by atoms with Gasteiger partial charge in [0.2, 0.25) is 10.0 Å². The van der Waals surface area contributed by atoms with E-state index in [2.05, 4.69) is 20.7 Å². The lowest BCUT2D eigenvalue weighted by molar-refractivity contribution is -0.112. The minimum Gasteiger partial charge on any atom is -0.311 e. The highest BCUT2D eigenvalue weighted by Gasteiger charge is 2.31. The lowest BCUT2D eigenvalue weighted by atomic mass is 10.0. The van der Waals surface area contributed by atoms with Crippen LogP contribution in [0.1, 0.15) is 25.0 Å². The Hall–Kier alpha value is -1.96. The van der Waals surface area contributed by atoms with E-state index in [0.29, 0.717) is 11.1 Å². The third-order valence-corrected chi connectivity index (χ3v) is 6.23. The molecule has 0 saturated carbocycles. The fraction of sp³-hybridized carbons (Fsp3) is 0.211. The number of halogens is 1. The lowest BCUT2D eigenvalue weighted by Gasteiger charge is -2.11. The second kappa shape index (κ2) is 6.98. The van der Waals surface area contributed by atoms with E-state index in [1.807, 2.05) is 38.1 Å². The first-order valence-corrected chi connectivity index (χ1v) is 10.3. The second-order valence-electron chi connectivity index (χ2n) is 6.37. The number of fused-ring (bicyclic) bond motifs is 1. The molecule has 2 aromatic rings. The van der Waals surface area contributed by atoms with Gasteiger partial charge in [0.1, 0.15) is 0 Å². The van der Waals surface area contributed by atoms with Crippen molar-refractivity contribution in [2.45, 2.75) is 25.3 Å². The summed E-state index contributed by atoms with van der Waals surface area (Å²) in [6.07, 6.45) is 0. The van der Waals surface area contributed by atoms with E-state index < -0.39 is 10.0 Å². The molecule has 0 saturated heterocycles. The smallest absolute Gasteiger partial charge is 0.258 e. The fourth-order valence-corrected chi connectivity index (χ4v) is 4.22. The number of hydrogen-bond donors (Lipinski definition) is 1. The Morgan fingerprint density at radius 1 is 1.12 bits per heavy atom. The van der Waals surface area contributed by atoms with Crippen LogP contribution in [0.4, 0.5) is 5.69 Å². The number of hydrogen-bond acceptors (Lipinski definition) is 3. The number of sulfonamides is 1. The Bertz CT molecular complexity index is 1010. The first-order chi connectivity index (χ1) is 12.2. The van der Waals surface area contributed by atoms with Gasteiger partial charge in [-0.3, -0.25) is 4.79 Å². The van der Waals surface area contributed by atoms with Gasteiger partial charge in [-0.15, -0.1) is 0 Å². The molecule has 0 aromatic heterocycles. The van der Waals surface area contributed by atoms with Crippen LogP contribution in [0, 0.1) is 0 Å². The Kier molecular flexibility index (Phi) is 5.05. The summed E-state index contributed by atoms with van der Waals surface area (Å²) in [5.74, 6) is -0.114. The summed E-state index contributed by atoms with van der Waals surface area (Å²) in [4.78, 5) is 14.1. The number of carbonyl (C=O) groups is 1. The minimum absolute atomic E-state index is 0.114. The number of rotatable bonds is 4. The van der Waals surface area contributed by atoms with E-state index in [1.165, 1.54) is 6.07 Å². The molecule has 2 aromatic carbocycles. The second-order valence-corrected chi connectivity index (χ2v) is 9.05. The molecule has 0 aliphatic carbocycles. The first kappa shape index (κ1) is 18.8. The SMILES string of the molecule is CC(C)=C1C(=O)N(C)c2ccc(S(=O)(=O)NCc3ccc(Br)cc3)cc21. The van der Waals surface area contributed by atoms with Crippen molar-refractivity contribution in [3.05, 3.63) is 63.6 Å². The van der Waals surface area contributed by atoms with Gasteiger partial charge in [-0.2, -0.15) is 0 Å². The molecule has 0 radical (unpaired) electrons. The number of carbonyl (C=O) groups excluding carboxylic acids is 1. The minimum atomic E-state index is -3.69. The van der Waals surface area contributed by atoms with Crippen LogP contribution >= 0.6 is 15.9 Å². The van der Waals surface area contributed by atoms with Gasteiger partial charge in [0.25, 0.3) is 5.91 Å². The molecule has 1 heterocycles. The van der Waals surface area contributed by atoms with Crippen molar-refractivity contribution < 1.29 is 13.2 Å². The third-order valence-electron chi connectivity index (χ3n) is 4.31. The average Bonchev–Trinajstić information content (AvgIpc) is 2.85. The molecule has 0 atom stereocenters. The van der Waals surface area contributed by atoms with E-state index in [0.717, 1.165) is 21.3 Å². The van der Waals surface area contributed by atoms with Crippen LogP contribution in [-0.2, 0) is 21.4 Å². The molecule has 3 rings (SSSR count). The highest BCUT2D eigenvalue weighted by atomic mass is 79.9. The number of amides is 1. The van der Waals surface area contributed by atoms with Crippen LogP contribution in [0.15, 0.2) is 57.4 Å². The van der Waals surface area contributed by atoms with Gasteiger partial charge >= 0.3 is 0 Å². The molecule has 0 unspecified atom stereocenters. The normalized spacial score (nSPS) is 13.9. The predicted molar refractivity (Wildman–Crippen MR) is 106 cm³/mol. The standard InChI is InChI=1S/C19H19BrN2O3S/c1-12(2)18-16-10-15(8-9-17(16)22(3)19(18)23)26(24,25)21-11-13-4-6-14(20)7-5-13/h4-10,21H,11H2,1-3H3. The van der Waals surface area contributed by atoms with Gasteiger partial charge in [0, 0.05) is 29.2 Å². The van der Waals surface area contributed by atoms with Crippen molar-refractivity contribution in [3.8, 4) is 0 Å². The van der Waals surface area contributed by atoms with Crippen molar-refractivity contribution in [2.24, 2.45) is 0 Å². The molecule has 26 heavy (non-hydrogen) atoms. The first-order valence-electron chi connectivity index (χ1n) is 8.05. The molecular weight excluding hydrogens is 416 g/mol. The molecule has 0 bridgehead atoms. The number of anilines is 1. The Labute approximate surface area is 161 Å². The average molecular weight is 435 g/mol. The van der Waals surface area contributed by atoms with Gasteiger partial charge in [0.05, 0.1) is 10.6 Å². The summed E-state index contributed by atoms with van der Waals surface area (Å²) in [5, 5.41) is 0. The third kappa shape index (κ3) is 3.47. The van der Waals surface area contributed by atoms with Gasteiger partial charge < -0.3 is 4.90 Å². The molecule has 0 fully saturated rings. The van der Waals surface area contributed by atoms with Crippen molar-refractivity contribution >= 4 is 43.1 Å². The van der Waals surface area contributed by atoms with Crippen molar-refractivity contribution in [3.63, 3.8) is 0 Å². The van der Waals surface area contributed by atoms with E-state index >= 15 is 0 Å². The van der Waals surface area contributed by atoms with Crippen LogP contribution in [0.3, 0.4) is 0 Å². The van der Waals surface area contributed by atoms with Gasteiger partial charge in [0.15, 0.2) is 0 Å². The monoisotopic (exact) mass is 434 g/mol. The van der Waals surface area contributed by atoms with Crippen LogP contribution < -0.4 is 9.62 Å². The van der Waals surface area contributed by atoms with Crippen LogP contribution in [0.5, 0.6) is 0 Å². The topological polar surface area (TPSA) is 66.5 Å². The zero-order valence-corrected chi connectivity index (χ0v) is 17.1. The summed E-state index contributed by atoms with van der Waals surface area (Å²) in [6.45, 7) is 3.90. The molecule has 1 N–H and O–H groups in total. The zero-order chi connectivity index (χ0) is 19.1. The maximum atomic E-state index is 12.7. The summed E-state index contributed by atoms with van der Waals surface area (Å²) in [6, 6.07) is 12.2. The molecule has 1 amide bonds. The molecule has 136 valence electrons. The summed E-state index contributed by atoms with van der Waals surface area (Å²) >= 11 is 3.35. The van der Waals surface area contributed by atoms with Gasteiger partial charge in [-0.05, 0) is 49.7 Å². The molecule has 1 aliphatic heterocycles. The summed E-state index contributed by atoms with van der Waals surface area (Å²) in [5.41, 5.74) is 3.66. The van der Waals surface area contributed by atoms with Crippen LogP contribution in [0.2, 0.25) is 0 Å². The molecule has 5 nitrogen and oxygen atoms in total. The maximum Gasteiger partial charge on any atom is 0.258 e.